The number of carbonyl (C=O) groups is 1. The van der Waals surface area contributed by atoms with Crippen LogP contribution < -0.4 is 5.73 Å². The summed E-state index contributed by atoms with van der Waals surface area (Å²) in [7, 11) is 0. The zero-order valence-corrected chi connectivity index (χ0v) is 13.2. The third-order valence-electron chi connectivity index (χ3n) is 5.07. The Morgan fingerprint density at radius 2 is 1.80 bits per heavy atom. The van der Waals surface area contributed by atoms with Crippen molar-refractivity contribution in [3.8, 4) is 0 Å². The van der Waals surface area contributed by atoms with Crippen LogP contribution in [-0.4, -0.2) is 53.5 Å². The van der Waals surface area contributed by atoms with E-state index < -0.39 is 0 Å². The first-order valence-electron chi connectivity index (χ1n) is 8.38. The van der Waals surface area contributed by atoms with Crippen LogP contribution in [0, 0.1) is 0 Å². The highest BCUT2D eigenvalue weighted by Crippen LogP contribution is 2.24. The molecule has 20 heavy (non-hydrogen) atoms. The maximum absolute atomic E-state index is 12.7. The third kappa shape index (κ3) is 3.73. The fourth-order valence-electron chi connectivity index (χ4n) is 3.96. The Kier molecular flexibility index (Phi) is 5.85. The average molecular weight is 281 g/mol. The van der Waals surface area contributed by atoms with E-state index in [9.17, 15) is 4.79 Å². The average Bonchev–Trinajstić information content (AvgIpc) is 2.41. The molecule has 2 rings (SSSR count). The molecule has 1 amide bonds. The second-order valence-corrected chi connectivity index (χ2v) is 6.63. The Balaban J connectivity index is 1.94. The van der Waals surface area contributed by atoms with Crippen molar-refractivity contribution in [3.05, 3.63) is 0 Å². The topological polar surface area (TPSA) is 49.6 Å². The number of hydrogen-bond donors (Lipinski definition) is 1. The smallest absolute Gasteiger partial charge is 0.237 e. The van der Waals surface area contributed by atoms with Crippen molar-refractivity contribution in [1.82, 2.24) is 9.80 Å². The van der Waals surface area contributed by atoms with Crippen molar-refractivity contribution < 1.29 is 4.79 Å². The minimum absolute atomic E-state index is 0.327. The van der Waals surface area contributed by atoms with Gasteiger partial charge in [0.05, 0.1) is 6.54 Å². The number of carbonyl (C=O) groups excluding carboxylic acids is 1. The molecule has 2 saturated heterocycles. The fourth-order valence-corrected chi connectivity index (χ4v) is 3.96. The highest BCUT2D eigenvalue weighted by atomic mass is 16.2. The minimum Gasteiger partial charge on any atom is -0.336 e. The third-order valence-corrected chi connectivity index (χ3v) is 5.07. The second kappa shape index (κ2) is 7.41. The number of piperidine rings is 2. The number of amides is 1. The van der Waals surface area contributed by atoms with Crippen molar-refractivity contribution in [2.75, 3.05) is 19.6 Å². The predicted octanol–water partition coefficient (Wildman–Crippen LogP) is 1.98. The minimum atomic E-state index is 0.327. The van der Waals surface area contributed by atoms with E-state index >= 15 is 0 Å². The highest BCUT2D eigenvalue weighted by molar-refractivity contribution is 5.79. The lowest BCUT2D eigenvalue weighted by molar-refractivity contribution is -0.139. The number of hydrogen-bond acceptors (Lipinski definition) is 3. The van der Waals surface area contributed by atoms with E-state index in [1.165, 1.54) is 25.7 Å². The van der Waals surface area contributed by atoms with Crippen LogP contribution in [0.1, 0.15) is 58.8 Å². The summed E-state index contributed by atoms with van der Waals surface area (Å²) in [5, 5.41) is 0. The Morgan fingerprint density at radius 1 is 1.10 bits per heavy atom. The Bertz CT molecular complexity index is 309. The van der Waals surface area contributed by atoms with E-state index in [-0.39, 0.29) is 0 Å². The van der Waals surface area contributed by atoms with Crippen LogP contribution in [0.4, 0.5) is 0 Å². The molecule has 0 spiro atoms. The SMILES string of the molecule is CC1CCCC(C)N1C(=O)CN1CCCCC1CCN. The van der Waals surface area contributed by atoms with Crippen LogP contribution >= 0.6 is 0 Å². The van der Waals surface area contributed by atoms with E-state index in [0.717, 1.165) is 32.4 Å². The van der Waals surface area contributed by atoms with Gasteiger partial charge in [-0.25, -0.2) is 0 Å². The molecule has 116 valence electrons. The van der Waals surface area contributed by atoms with E-state index in [1.807, 2.05) is 0 Å². The molecular weight excluding hydrogens is 250 g/mol. The standard InChI is InChI=1S/C16H31N3O/c1-13-6-5-7-14(2)19(13)16(20)12-18-11-4-3-8-15(18)9-10-17/h13-15H,3-12,17H2,1-2H3. The number of nitrogens with two attached hydrogens (primary N) is 1. The van der Waals surface area contributed by atoms with Gasteiger partial charge in [0.15, 0.2) is 0 Å². The first kappa shape index (κ1) is 15.8. The number of nitrogens with zero attached hydrogens (tertiary/aromatic N) is 2. The monoisotopic (exact) mass is 281 g/mol. The summed E-state index contributed by atoms with van der Waals surface area (Å²) in [5.74, 6) is 0.327. The lowest BCUT2D eigenvalue weighted by Crippen LogP contribution is -2.53. The van der Waals surface area contributed by atoms with Gasteiger partial charge < -0.3 is 10.6 Å². The van der Waals surface area contributed by atoms with Crippen molar-refractivity contribution in [2.45, 2.75) is 76.9 Å². The second-order valence-electron chi connectivity index (χ2n) is 6.63. The van der Waals surface area contributed by atoms with Gasteiger partial charge in [-0.15, -0.1) is 0 Å². The van der Waals surface area contributed by atoms with E-state index in [2.05, 4.69) is 23.6 Å². The summed E-state index contributed by atoms with van der Waals surface area (Å²) < 4.78 is 0. The Labute approximate surface area is 123 Å². The summed E-state index contributed by atoms with van der Waals surface area (Å²) in [6, 6.07) is 1.33. The maximum atomic E-state index is 12.7. The maximum Gasteiger partial charge on any atom is 0.237 e. The van der Waals surface area contributed by atoms with E-state index in [4.69, 9.17) is 5.73 Å². The molecule has 0 radical (unpaired) electrons. The van der Waals surface area contributed by atoms with Gasteiger partial charge in [0, 0.05) is 18.1 Å². The zero-order chi connectivity index (χ0) is 14.5. The molecular formula is C16H31N3O. The van der Waals surface area contributed by atoms with Gasteiger partial charge in [-0.05, 0) is 65.5 Å². The van der Waals surface area contributed by atoms with Crippen LogP contribution in [0.2, 0.25) is 0 Å². The summed E-state index contributed by atoms with van der Waals surface area (Å²) in [6.07, 6.45) is 8.30. The molecule has 2 aliphatic rings. The summed E-state index contributed by atoms with van der Waals surface area (Å²) in [6.45, 7) is 6.78. The molecule has 2 N–H and O–H groups in total. The summed E-state index contributed by atoms with van der Waals surface area (Å²) in [4.78, 5) is 17.2. The Hall–Kier alpha value is -0.610. The van der Waals surface area contributed by atoms with Crippen molar-refractivity contribution >= 4 is 5.91 Å². The lowest BCUT2D eigenvalue weighted by atomic mass is 9.96. The van der Waals surface area contributed by atoms with Crippen LogP contribution in [0.5, 0.6) is 0 Å². The molecule has 4 heteroatoms. The van der Waals surface area contributed by atoms with E-state index in [1.54, 1.807) is 0 Å². The molecule has 2 heterocycles. The molecule has 0 saturated carbocycles. The highest BCUT2D eigenvalue weighted by Gasteiger charge is 2.31. The van der Waals surface area contributed by atoms with Gasteiger partial charge in [-0.3, -0.25) is 9.69 Å². The van der Waals surface area contributed by atoms with Crippen LogP contribution in [0.15, 0.2) is 0 Å². The van der Waals surface area contributed by atoms with Crippen molar-refractivity contribution in [1.29, 1.82) is 0 Å². The van der Waals surface area contributed by atoms with E-state index in [0.29, 0.717) is 30.6 Å². The molecule has 0 aliphatic carbocycles. The number of rotatable bonds is 4. The molecule has 0 aromatic heterocycles. The first-order valence-corrected chi connectivity index (χ1v) is 8.38. The van der Waals surface area contributed by atoms with Crippen molar-refractivity contribution in [3.63, 3.8) is 0 Å². The van der Waals surface area contributed by atoms with Gasteiger partial charge in [-0.2, -0.15) is 0 Å². The Morgan fingerprint density at radius 3 is 2.45 bits per heavy atom. The lowest BCUT2D eigenvalue weighted by Gasteiger charge is -2.42. The fraction of sp³-hybridized carbons (Fsp3) is 0.938. The summed E-state index contributed by atoms with van der Waals surface area (Å²) in [5.41, 5.74) is 5.72. The quantitative estimate of drug-likeness (QED) is 0.857. The molecule has 0 bridgehead atoms. The van der Waals surface area contributed by atoms with Crippen LogP contribution in [0.25, 0.3) is 0 Å². The van der Waals surface area contributed by atoms with Gasteiger partial charge in [-0.1, -0.05) is 6.42 Å². The number of likely N-dealkylation sites (tertiary alicyclic amines) is 2. The molecule has 3 atom stereocenters. The molecule has 0 aromatic rings. The summed E-state index contributed by atoms with van der Waals surface area (Å²) >= 11 is 0. The zero-order valence-electron chi connectivity index (χ0n) is 13.2. The molecule has 2 fully saturated rings. The predicted molar refractivity (Wildman–Crippen MR) is 82.5 cm³/mol. The van der Waals surface area contributed by atoms with Gasteiger partial charge in [0.2, 0.25) is 5.91 Å². The normalized spacial score (nSPS) is 32.4. The van der Waals surface area contributed by atoms with Gasteiger partial charge in [0.1, 0.15) is 0 Å². The molecule has 2 aliphatic heterocycles. The van der Waals surface area contributed by atoms with Crippen molar-refractivity contribution in [2.24, 2.45) is 5.73 Å². The van der Waals surface area contributed by atoms with Gasteiger partial charge in [0.25, 0.3) is 0 Å². The molecule has 3 unspecified atom stereocenters. The molecule has 0 aromatic carbocycles. The molecule has 4 nitrogen and oxygen atoms in total. The van der Waals surface area contributed by atoms with Crippen LogP contribution in [0.3, 0.4) is 0 Å². The van der Waals surface area contributed by atoms with Crippen LogP contribution in [-0.2, 0) is 4.79 Å². The largest absolute Gasteiger partial charge is 0.336 e. The van der Waals surface area contributed by atoms with Gasteiger partial charge >= 0.3 is 0 Å². The first-order chi connectivity index (χ1) is 9.63.